The predicted molar refractivity (Wildman–Crippen MR) is 63.2 cm³/mol. The number of hydrogen-bond acceptors (Lipinski definition) is 4. The highest BCUT2D eigenvalue weighted by Crippen LogP contribution is 2.29. The molecular formula is C11H11FN4O3. The fourth-order valence-electron chi connectivity index (χ4n) is 1.67. The molecule has 0 bridgehead atoms. The van der Waals surface area contributed by atoms with E-state index < -0.39 is 11.9 Å². The van der Waals surface area contributed by atoms with E-state index in [0.29, 0.717) is 11.3 Å². The second-order valence-corrected chi connectivity index (χ2v) is 3.62. The first kappa shape index (κ1) is 12.8. The summed E-state index contributed by atoms with van der Waals surface area (Å²) in [7, 11) is 1.34. The van der Waals surface area contributed by atoms with Gasteiger partial charge in [0.2, 0.25) is 0 Å². The molecule has 3 N–H and O–H groups in total. The van der Waals surface area contributed by atoms with E-state index in [2.05, 4.69) is 20.7 Å². The molecule has 8 heteroatoms. The van der Waals surface area contributed by atoms with Gasteiger partial charge in [0, 0.05) is 17.7 Å². The van der Waals surface area contributed by atoms with Crippen molar-refractivity contribution in [1.82, 2.24) is 20.7 Å². The normalized spacial score (nSPS) is 10.2. The fraction of sp³-hybridized carbons (Fsp3) is 0.182. The zero-order valence-electron chi connectivity index (χ0n) is 9.98. The summed E-state index contributed by atoms with van der Waals surface area (Å²) in [6.07, 6.45) is 0.180. The SMILES string of the molecule is COc1ccc(-c2cn[nH]n2)c(CNC(=O)O)c1F. The molecule has 0 unspecified atom stereocenters. The van der Waals surface area contributed by atoms with Gasteiger partial charge in [-0.3, -0.25) is 0 Å². The number of rotatable bonds is 4. The number of nitrogens with zero attached hydrogens (tertiary/aromatic N) is 2. The summed E-state index contributed by atoms with van der Waals surface area (Å²) < 4.78 is 19.0. The van der Waals surface area contributed by atoms with Crippen molar-refractivity contribution in [3.05, 3.63) is 29.7 Å². The van der Waals surface area contributed by atoms with Crippen LogP contribution in [-0.2, 0) is 6.54 Å². The molecule has 0 radical (unpaired) electrons. The minimum absolute atomic E-state index is 0.0365. The van der Waals surface area contributed by atoms with Crippen molar-refractivity contribution in [3.63, 3.8) is 0 Å². The number of amides is 1. The van der Waals surface area contributed by atoms with E-state index >= 15 is 0 Å². The van der Waals surface area contributed by atoms with Gasteiger partial charge in [0.05, 0.1) is 13.3 Å². The van der Waals surface area contributed by atoms with Gasteiger partial charge in [0.15, 0.2) is 11.6 Å². The number of benzene rings is 1. The number of nitrogens with one attached hydrogen (secondary N) is 2. The van der Waals surface area contributed by atoms with Gasteiger partial charge >= 0.3 is 6.09 Å². The van der Waals surface area contributed by atoms with Crippen molar-refractivity contribution < 1.29 is 19.0 Å². The smallest absolute Gasteiger partial charge is 0.404 e. The summed E-state index contributed by atoms with van der Waals surface area (Å²) in [5.74, 6) is -0.591. The Bertz CT molecular complexity index is 586. The number of carboxylic acid groups (broad SMARTS) is 1. The average Bonchev–Trinajstić information content (AvgIpc) is 2.90. The average molecular weight is 266 g/mol. The van der Waals surface area contributed by atoms with Crippen molar-refractivity contribution >= 4 is 6.09 Å². The van der Waals surface area contributed by atoms with Crippen LogP contribution in [0.15, 0.2) is 18.3 Å². The van der Waals surface area contributed by atoms with Crippen LogP contribution >= 0.6 is 0 Å². The number of aromatic amines is 1. The largest absolute Gasteiger partial charge is 0.494 e. The Kier molecular flexibility index (Phi) is 3.60. The zero-order chi connectivity index (χ0) is 13.8. The summed E-state index contributed by atoms with van der Waals surface area (Å²) >= 11 is 0. The van der Waals surface area contributed by atoms with E-state index in [1.807, 2.05) is 0 Å². The zero-order valence-corrected chi connectivity index (χ0v) is 9.98. The topological polar surface area (TPSA) is 100 Å². The predicted octanol–water partition coefficient (Wildman–Crippen LogP) is 1.39. The first-order valence-corrected chi connectivity index (χ1v) is 5.31. The minimum atomic E-state index is -1.24. The molecule has 1 aromatic heterocycles. The summed E-state index contributed by atoms with van der Waals surface area (Å²) in [5.41, 5.74) is 1.01. The van der Waals surface area contributed by atoms with Gasteiger partial charge in [0.25, 0.3) is 0 Å². The first-order valence-electron chi connectivity index (χ1n) is 5.31. The van der Waals surface area contributed by atoms with Gasteiger partial charge in [-0.1, -0.05) is 0 Å². The van der Waals surface area contributed by atoms with Gasteiger partial charge < -0.3 is 15.2 Å². The maximum Gasteiger partial charge on any atom is 0.404 e. The molecule has 0 atom stereocenters. The third kappa shape index (κ3) is 2.62. The Labute approximate surface area is 107 Å². The number of aromatic nitrogens is 3. The maximum absolute atomic E-state index is 14.2. The molecule has 0 aliphatic rings. The highest BCUT2D eigenvalue weighted by Gasteiger charge is 2.17. The molecular weight excluding hydrogens is 255 g/mol. The van der Waals surface area contributed by atoms with Gasteiger partial charge in [-0.2, -0.15) is 15.4 Å². The molecule has 1 amide bonds. The lowest BCUT2D eigenvalue weighted by Gasteiger charge is -2.11. The molecule has 2 aromatic rings. The number of carbonyl (C=O) groups is 1. The van der Waals surface area contributed by atoms with Crippen LogP contribution in [0, 0.1) is 5.82 Å². The molecule has 0 fully saturated rings. The van der Waals surface area contributed by atoms with Crippen molar-refractivity contribution in [2.75, 3.05) is 7.11 Å². The molecule has 1 aromatic carbocycles. The van der Waals surface area contributed by atoms with Gasteiger partial charge in [-0.15, -0.1) is 0 Å². The highest BCUT2D eigenvalue weighted by molar-refractivity contribution is 5.68. The summed E-state index contributed by atoms with van der Waals surface area (Å²) in [6.45, 7) is -0.194. The number of ether oxygens (including phenoxy) is 1. The second kappa shape index (κ2) is 5.34. The Balaban J connectivity index is 2.47. The summed E-state index contributed by atoms with van der Waals surface area (Å²) in [5, 5.41) is 20.6. The van der Waals surface area contributed by atoms with Gasteiger partial charge in [-0.05, 0) is 12.1 Å². The van der Waals surface area contributed by atoms with E-state index in [9.17, 15) is 9.18 Å². The van der Waals surface area contributed by atoms with Crippen LogP contribution in [0.3, 0.4) is 0 Å². The van der Waals surface area contributed by atoms with Crippen LogP contribution in [0.1, 0.15) is 5.56 Å². The van der Waals surface area contributed by atoms with Crippen LogP contribution in [0.25, 0.3) is 11.3 Å². The highest BCUT2D eigenvalue weighted by atomic mass is 19.1. The molecule has 0 saturated heterocycles. The number of H-pyrrole nitrogens is 1. The van der Waals surface area contributed by atoms with Crippen LogP contribution in [0.4, 0.5) is 9.18 Å². The number of hydrogen-bond donors (Lipinski definition) is 3. The lowest BCUT2D eigenvalue weighted by molar-refractivity contribution is 0.194. The van der Waals surface area contributed by atoms with Crippen molar-refractivity contribution in [1.29, 1.82) is 0 Å². The summed E-state index contributed by atoms with van der Waals surface area (Å²) in [6, 6.07) is 3.04. The van der Waals surface area contributed by atoms with Crippen molar-refractivity contribution in [2.24, 2.45) is 0 Å². The lowest BCUT2D eigenvalue weighted by atomic mass is 10.0. The third-order valence-electron chi connectivity index (χ3n) is 2.54. The molecule has 2 rings (SSSR count). The Morgan fingerprint density at radius 3 is 2.95 bits per heavy atom. The quantitative estimate of drug-likeness (QED) is 0.776. The maximum atomic E-state index is 14.2. The molecule has 0 spiro atoms. The van der Waals surface area contributed by atoms with E-state index in [0.717, 1.165) is 0 Å². The van der Waals surface area contributed by atoms with Crippen LogP contribution in [0.5, 0.6) is 5.75 Å². The van der Waals surface area contributed by atoms with Crippen molar-refractivity contribution in [3.8, 4) is 17.0 Å². The Morgan fingerprint density at radius 2 is 2.37 bits per heavy atom. The van der Waals surface area contributed by atoms with Crippen LogP contribution < -0.4 is 10.1 Å². The summed E-state index contributed by atoms with van der Waals surface area (Å²) in [4.78, 5) is 10.5. The van der Waals surface area contributed by atoms with E-state index in [-0.39, 0.29) is 17.9 Å². The standard InChI is InChI=1S/C11H11FN4O3/c1-19-9-3-2-6(8-5-14-16-15-8)7(10(9)12)4-13-11(17)18/h2-3,5,13H,4H2,1H3,(H,17,18)(H,14,15,16). The molecule has 0 aliphatic heterocycles. The van der Waals surface area contributed by atoms with E-state index in [4.69, 9.17) is 9.84 Å². The van der Waals surface area contributed by atoms with Gasteiger partial charge in [-0.25, -0.2) is 9.18 Å². The second-order valence-electron chi connectivity index (χ2n) is 3.62. The lowest BCUT2D eigenvalue weighted by Crippen LogP contribution is -2.21. The number of methoxy groups -OCH3 is 1. The molecule has 7 nitrogen and oxygen atoms in total. The Morgan fingerprint density at radius 1 is 1.58 bits per heavy atom. The first-order chi connectivity index (χ1) is 9.13. The van der Waals surface area contributed by atoms with Crippen molar-refractivity contribution in [2.45, 2.75) is 6.54 Å². The fourth-order valence-corrected chi connectivity index (χ4v) is 1.67. The minimum Gasteiger partial charge on any atom is -0.494 e. The van der Waals surface area contributed by atoms with E-state index in [1.165, 1.54) is 19.4 Å². The number of halogens is 1. The molecule has 0 aliphatic carbocycles. The molecule has 0 saturated carbocycles. The van der Waals surface area contributed by atoms with E-state index in [1.54, 1.807) is 6.07 Å². The molecule has 100 valence electrons. The monoisotopic (exact) mass is 266 g/mol. The van der Waals surface area contributed by atoms with Crippen LogP contribution in [0.2, 0.25) is 0 Å². The Hall–Kier alpha value is -2.64. The molecule has 19 heavy (non-hydrogen) atoms. The molecule has 1 heterocycles. The third-order valence-corrected chi connectivity index (χ3v) is 2.54. The van der Waals surface area contributed by atoms with Gasteiger partial charge in [0.1, 0.15) is 5.69 Å². The van der Waals surface area contributed by atoms with Crippen LogP contribution in [-0.4, -0.2) is 33.7 Å².